The predicted octanol–water partition coefficient (Wildman–Crippen LogP) is 3.33. The van der Waals surface area contributed by atoms with Gasteiger partial charge in [0.05, 0.1) is 22.8 Å². The van der Waals surface area contributed by atoms with Crippen molar-refractivity contribution in [2.75, 3.05) is 13.1 Å². The number of aromatic nitrogens is 1. The minimum atomic E-state index is -0.483. The van der Waals surface area contributed by atoms with Crippen LogP contribution >= 0.6 is 11.3 Å². The van der Waals surface area contributed by atoms with Crippen LogP contribution in [0.5, 0.6) is 0 Å². The molecule has 0 spiro atoms. The Morgan fingerprint density at radius 1 is 1.38 bits per heavy atom. The average molecular weight is 375 g/mol. The van der Waals surface area contributed by atoms with Crippen molar-refractivity contribution in [1.82, 2.24) is 15.2 Å². The summed E-state index contributed by atoms with van der Waals surface area (Å²) in [7, 11) is 0. The lowest BCUT2D eigenvalue weighted by Gasteiger charge is -2.32. The highest BCUT2D eigenvalue weighted by Crippen LogP contribution is 2.30. The first-order chi connectivity index (χ1) is 12.6. The van der Waals surface area contributed by atoms with Crippen LogP contribution in [0.3, 0.4) is 0 Å². The van der Waals surface area contributed by atoms with E-state index in [-0.39, 0.29) is 23.3 Å². The number of likely N-dealkylation sites (tertiary alicyclic amines) is 1. The predicted molar refractivity (Wildman–Crippen MR) is 98.5 cm³/mol. The zero-order chi connectivity index (χ0) is 18.5. The third kappa shape index (κ3) is 4.27. The van der Waals surface area contributed by atoms with Crippen molar-refractivity contribution in [3.63, 3.8) is 0 Å². The van der Waals surface area contributed by atoms with Gasteiger partial charge in [-0.2, -0.15) is 0 Å². The summed E-state index contributed by atoms with van der Waals surface area (Å²) in [5.74, 6) is -0.596. The maximum Gasteiger partial charge on any atom is 0.256 e. The van der Waals surface area contributed by atoms with Gasteiger partial charge in [0, 0.05) is 30.8 Å². The lowest BCUT2D eigenvalue weighted by Crippen LogP contribution is -2.39. The Kier molecular flexibility index (Phi) is 5.98. The molecule has 1 aliphatic rings. The number of rotatable bonds is 5. The Labute approximate surface area is 156 Å². The van der Waals surface area contributed by atoms with Crippen molar-refractivity contribution < 1.29 is 14.0 Å². The molecule has 2 aromatic rings. The minimum absolute atomic E-state index is 0.00104. The summed E-state index contributed by atoms with van der Waals surface area (Å²) in [4.78, 5) is 30.3. The molecular formula is C19H22FN3O2S. The molecular weight excluding hydrogens is 353 g/mol. The van der Waals surface area contributed by atoms with Crippen LogP contribution in [0, 0.1) is 5.82 Å². The van der Waals surface area contributed by atoms with E-state index < -0.39 is 5.82 Å². The highest BCUT2D eigenvalue weighted by Gasteiger charge is 2.28. The molecule has 1 aliphatic heterocycles. The van der Waals surface area contributed by atoms with Crippen molar-refractivity contribution in [2.45, 2.75) is 38.6 Å². The number of piperidine rings is 1. The number of carbonyl (C=O) groups excluding carboxylic acids is 2. The topological polar surface area (TPSA) is 62.3 Å². The number of hydrogen-bond donors (Lipinski definition) is 1. The fourth-order valence-corrected chi connectivity index (χ4v) is 4.02. The second kappa shape index (κ2) is 8.40. The molecule has 7 heteroatoms. The highest BCUT2D eigenvalue weighted by atomic mass is 32.1. The zero-order valence-corrected chi connectivity index (χ0v) is 15.5. The molecule has 0 aliphatic carbocycles. The highest BCUT2D eigenvalue weighted by molar-refractivity contribution is 7.09. The third-order valence-corrected chi connectivity index (χ3v) is 5.58. The van der Waals surface area contributed by atoms with Gasteiger partial charge in [0.15, 0.2) is 0 Å². The molecule has 1 fully saturated rings. The molecule has 0 unspecified atom stereocenters. The number of benzene rings is 1. The molecule has 0 saturated carbocycles. The Bertz CT molecular complexity index is 793. The maximum atomic E-state index is 13.9. The van der Waals surface area contributed by atoms with Gasteiger partial charge >= 0.3 is 0 Å². The second-order valence-electron chi connectivity index (χ2n) is 6.38. The summed E-state index contributed by atoms with van der Waals surface area (Å²) in [5, 5.41) is 5.74. The first-order valence-electron chi connectivity index (χ1n) is 8.83. The van der Waals surface area contributed by atoms with Crippen LogP contribution in [-0.4, -0.2) is 34.8 Å². The van der Waals surface area contributed by atoms with Gasteiger partial charge in [-0.3, -0.25) is 9.59 Å². The van der Waals surface area contributed by atoms with Crippen molar-refractivity contribution in [2.24, 2.45) is 0 Å². The van der Waals surface area contributed by atoms with E-state index in [1.165, 1.54) is 12.1 Å². The van der Waals surface area contributed by atoms with E-state index in [4.69, 9.17) is 0 Å². The van der Waals surface area contributed by atoms with E-state index in [1.807, 2.05) is 12.3 Å². The first kappa shape index (κ1) is 18.5. The van der Waals surface area contributed by atoms with Crippen LogP contribution in [-0.2, 0) is 11.3 Å². The first-order valence-corrected chi connectivity index (χ1v) is 9.71. The van der Waals surface area contributed by atoms with Gasteiger partial charge in [-0.05, 0) is 25.0 Å². The van der Waals surface area contributed by atoms with Gasteiger partial charge < -0.3 is 10.2 Å². The SMILES string of the molecule is CCC(=O)NCc1csc([C@@H]2CCCN(C(=O)c3ccccc3F)C2)n1. The van der Waals surface area contributed by atoms with Crippen molar-refractivity contribution in [3.8, 4) is 0 Å². The Morgan fingerprint density at radius 3 is 2.96 bits per heavy atom. The Hall–Kier alpha value is -2.28. The Balaban J connectivity index is 1.65. The number of nitrogens with zero attached hydrogens (tertiary/aromatic N) is 2. The standard InChI is InChI=1S/C19H22FN3O2S/c1-2-17(24)21-10-14-12-26-18(22-14)13-6-5-9-23(11-13)19(25)15-7-3-4-8-16(15)20/h3-4,7-8,12-13H,2,5-6,9-11H2,1H3,(H,21,24)/t13-/m1/s1. The lowest BCUT2D eigenvalue weighted by atomic mass is 9.98. The number of hydrogen-bond acceptors (Lipinski definition) is 4. The van der Waals surface area contributed by atoms with Crippen molar-refractivity contribution in [1.29, 1.82) is 0 Å². The molecule has 1 N–H and O–H groups in total. The van der Waals surface area contributed by atoms with Crippen LogP contribution in [0.15, 0.2) is 29.6 Å². The van der Waals surface area contributed by atoms with Crippen molar-refractivity contribution in [3.05, 3.63) is 51.7 Å². The summed E-state index contributed by atoms with van der Waals surface area (Å²) < 4.78 is 13.9. The fraction of sp³-hybridized carbons (Fsp3) is 0.421. The van der Waals surface area contributed by atoms with E-state index in [1.54, 1.807) is 28.4 Å². The van der Waals surface area contributed by atoms with Crippen LogP contribution in [0.4, 0.5) is 4.39 Å². The lowest BCUT2D eigenvalue weighted by molar-refractivity contribution is -0.120. The number of thiazole rings is 1. The molecule has 0 bridgehead atoms. The van der Waals surface area contributed by atoms with E-state index in [0.717, 1.165) is 23.5 Å². The van der Waals surface area contributed by atoms with E-state index in [9.17, 15) is 14.0 Å². The molecule has 3 rings (SSSR count). The summed E-state index contributed by atoms with van der Waals surface area (Å²) in [5.41, 5.74) is 0.958. The molecule has 2 heterocycles. The van der Waals surface area contributed by atoms with Gasteiger partial charge in [0.1, 0.15) is 5.82 Å². The molecule has 26 heavy (non-hydrogen) atoms. The summed E-state index contributed by atoms with van der Waals surface area (Å²) in [6.45, 7) is 3.41. The van der Waals surface area contributed by atoms with Crippen LogP contribution in [0.1, 0.15) is 53.2 Å². The average Bonchev–Trinajstić information content (AvgIpc) is 3.15. The van der Waals surface area contributed by atoms with Gasteiger partial charge in [-0.15, -0.1) is 11.3 Å². The summed E-state index contributed by atoms with van der Waals surface area (Å²) in [6, 6.07) is 6.10. The second-order valence-corrected chi connectivity index (χ2v) is 7.27. The van der Waals surface area contributed by atoms with Crippen LogP contribution in [0.25, 0.3) is 0 Å². The summed E-state index contributed by atoms with van der Waals surface area (Å²) in [6.07, 6.45) is 2.27. The van der Waals surface area contributed by atoms with Crippen molar-refractivity contribution >= 4 is 23.2 Å². The molecule has 1 aromatic carbocycles. The molecule has 138 valence electrons. The van der Waals surface area contributed by atoms with Gasteiger partial charge in [-0.1, -0.05) is 19.1 Å². The van der Waals surface area contributed by atoms with Gasteiger partial charge in [0.25, 0.3) is 5.91 Å². The number of nitrogens with one attached hydrogen (secondary N) is 1. The smallest absolute Gasteiger partial charge is 0.256 e. The minimum Gasteiger partial charge on any atom is -0.350 e. The molecule has 5 nitrogen and oxygen atoms in total. The van der Waals surface area contributed by atoms with E-state index in [0.29, 0.717) is 26.1 Å². The maximum absolute atomic E-state index is 13.9. The van der Waals surface area contributed by atoms with Crippen LogP contribution in [0.2, 0.25) is 0 Å². The quantitative estimate of drug-likeness (QED) is 0.872. The molecule has 2 amide bonds. The number of amides is 2. The normalized spacial score (nSPS) is 17.2. The largest absolute Gasteiger partial charge is 0.350 e. The zero-order valence-electron chi connectivity index (χ0n) is 14.7. The van der Waals surface area contributed by atoms with Crippen LogP contribution < -0.4 is 5.32 Å². The van der Waals surface area contributed by atoms with Gasteiger partial charge in [0.2, 0.25) is 5.91 Å². The van der Waals surface area contributed by atoms with Gasteiger partial charge in [-0.25, -0.2) is 9.37 Å². The number of carbonyl (C=O) groups is 2. The number of halogens is 1. The third-order valence-electron chi connectivity index (χ3n) is 4.52. The fourth-order valence-electron chi connectivity index (χ4n) is 3.07. The molecule has 1 aromatic heterocycles. The van der Waals surface area contributed by atoms with E-state index in [2.05, 4.69) is 10.3 Å². The molecule has 1 saturated heterocycles. The molecule has 1 atom stereocenters. The molecule has 0 radical (unpaired) electrons. The van der Waals surface area contributed by atoms with E-state index >= 15 is 0 Å². The Morgan fingerprint density at radius 2 is 2.19 bits per heavy atom. The monoisotopic (exact) mass is 375 g/mol. The summed E-state index contributed by atoms with van der Waals surface area (Å²) >= 11 is 1.55.